The number of nitrogens with one attached hydrogen (secondary N) is 2. The number of aromatic nitrogens is 3. The van der Waals surface area contributed by atoms with Gasteiger partial charge in [-0.2, -0.15) is 0 Å². The second-order valence-corrected chi connectivity index (χ2v) is 10.2. The van der Waals surface area contributed by atoms with E-state index in [2.05, 4.69) is 65.9 Å². The predicted molar refractivity (Wildman–Crippen MR) is 133 cm³/mol. The number of imide groups is 1. The summed E-state index contributed by atoms with van der Waals surface area (Å²) in [6.45, 7) is 12.6. The largest absolute Gasteiger partial charge is 0.338 e. The Morgan fingerprint density at radius 1 is 1.06 bits per heavy atom. The Kier molecular flexibility index (Phi) is 7.58. The van der Waals surface area contributed by atoms with Crippen LogP contribution in [-0.2, 0) is 10.2 Å². The molecule has 3 aromatic rings. The minimum absolute atomic E-state index is 0.0517. The van der Waals surface area contributed by atoms with E-state index in [1.807, 2.05) is 35.8 Å². The van der Waals surface area contributed by atoms with Crippen LogP contribution in [0.1, 0.15) is 45.7 Å². The first kappa shape index (κ1) is 24.5. The van der Waals surface area contributed by atoms with Crippen molar-refractivity contribution in [3.8, 4) is 17.1 Å². The van der Waals surface area contributed by atoms with Gasteiger partial charge in [-0.05, 0) is 43.4 Å². The number of urea groups is 1. The summed E-state index contributed by atoms with van der Waals surface area (Å²) in [7, 11) is 0. The highest BCUT2D eigenvalue weighted by atomic mass is 32.2. The zero-order valence-electron chi connectivity index (χ0n) is 20.0. The Labute approximate surface area is 199 Å². The van der Waals surface area contributed by atoms with Crippen LogP contribution in [0.3, 0.4) is 0 Å². The number of benzene rings is 2. The number of nitrogens with zero attached hydrogens (tertiary/aromatic N) is 3. The monoisotopic (exact) mass is 465 g/mol. The van der Waals surface area contributed by atoms with Gasteiger partial charge in [0.2, 0.25) is 5.91 Å². The van der Waals surface area contributed by atoms with Gasteiger partial charge in [0.05, 0.1) is 10.9 Å². The predicted octanol–water partition coefficient (Wildman–Crippen LogP) is 4.87. The summed E-state index contributed by atoms with van der Waals surface area (Å²) < 4.78 is 1.97. The maximum absolute atomic E-state index is 12.5. The van der Waals surface area contributed by atoms with Gasteiger partial charge < -0.3 is 5.32 Å². The quantitative estimate of drug-likeness (QED) is 0.507. The number of rotatable bonds is 6. The molecule has 0 bridgehead atoms. The molecule has 0 saturated heterocycles. The maximum atomic E-state index is 12.5. The van der Waals surface area contributed by atoms with Crippen LogP contribution in [0.5, 0.6) is 0 Å². The van der Waals surface area contributed by atoms with Crippen molar-refractivity contribution < 1.29 is 9.59 Å². The summed E-state index contributed by atoms with van der Waals surface area (Å²) in [5, 5.41) is 13.9. The fourth-order valence-electron chi connectivity index (χ4n) is 3.31. The first-order chi connectivity index (χ1) is 15.6. The fourth-order valence-corrected chi connectivity index (χ4v) is 4.17. The molecule has 33 heavy (non-hydrogen) atoms. The van der Waals surface area contributed by atoms with Crippen molar-refractivity contribution in [3.05, 3.63) is 59.7 Å². The van der Waals surface area contributed by atoms with Crippen LogP contribution in [0, 0.1) is 6.92 Å². The lowest BCUT2D eigenvalue weighted by Gasteiger charge is -2.19. The lowest BCUT2D eigenvalue weighted by atomic mass is 9.87. The molecule has 174 valence electrons. The van der Waals surface area contributed by atoms with Gasteiger partial charge in [-0.25, -0.2) is 4.79 Å². The van der Waals surface area contributed by atoms with E-state index in [0.29, 0.717) is 17.5 Å². The van der Waals surface area contributed by atoms with Crippen LogP contribution < -0.4 is 10.6 Å². The Morgan fingerprint density at radius 3 is 2.33 bits per heavy atom. The molecule has 1 unspecified atom stereocenters. The summed E-state index contributed by atoms with van der Waals surface area (Å²) in [4.78, 5) is 24.3. The second-order valence-electron chi connectivity index (χ2n) is 8.86. The molecule has 0 radical (unpaired) electrons. The van der Waals surface area contributed by atoms with E-state index < -0.39 is 11.3 Å². The van der Waals surface area contributed by atoms with Gasteiger partial charge in [0, 0.05) is 12.1 Å². The van der Waals surface area contributed by atoms with Crippen LogP contribution in [0.2, 0.25) is 0 Å². The summed E-state index contributed by atoms with van der Waals surface area (Å²) in [6, 6.07) is 15.8. The van der Waals surface area contributed by atoms with Gasteiger partial charge in [-0.1, -0.05) is 75.0 Å². The summed E-state index contributed by atoms with van der Waals surface area (Å²) >= 11 is 1.26. The Morgan fingerprint density at radius 2 is 1.73 bits per heavy atom. The van der Waals surface area contributed by atoms with Crippen molar-refractivity contribution in [1.29, 1.82) is 0 Å². The smallest absolute Gasteiger partial charge is 0.321 e. The third-order valence-corrected chi connectivity index (χ3v) is 6.27. The van der Waals surface area contributed by atoms with Gasteiger partial charge in [-0.15, -0.1) is 10.2 Å². The molecule has 0 saturated carbocycles. The number of amides is 3. The number of carbonyl (C=O) groups excluding carboxylic acids is 2. The van der Waals surface area contributed by atoms with E-state index in [0.717, 1.165) is 16.8 Å². The highest BCUT2D eigenvalue weighted by Gasteiger charge is 2.24. The SMILES string of the molecule is CCNC(=O)NC(=O)C(C)Sc1nnc(-c2ccc(C(C)(C)C)cc2)n1-c1ccccc1C. The van der Waals surface area contributed by atoms with E-state index in [1.165, 1.54) is 17.3 Å². The van der Waals surface area contributed by atoms with Gasteiger partial charge >= 0.3 is 6.03 Å². The molecule has 3 amide bonds. The lowest BCUT2D eigenvalue weighted by Crippen LogP contribution is -2.42. The first-order valence-electron chi connectivity index (χ1n) is 11.0. The summed E-state index contributed by atoms with van der Waals surface area (Å²) in [5.74, 6) is 0.310. The molecule has 1 atom stereocenters. The van der Waals surface area contributed by atoms with Crippen molar-refractivity contribution >= 4 is 23.7 Å². The molecule has 2 N–H and O–H groups in total. The molecule has 1 aromatic heterocycles. The van der Waals surface area contributed by atoms with Crippen LogP contribution >= 0.6 is 11.8 Å². The summed E-state index contributed by atoms with van der Waals surface area (Å²) in [5.41, 5.74) is 4.22. The van der Waals surface area contributed by atoms with Crippen LogP contribution in [0.25, 0.3) is 17.1 Å². The first-order valence-corrected chi connectivity index (χ1v) is 11.9. The van der Waals surface area contributed by atoms with Gasteiger partial charge in [0.1, 0.15) is 0 Å². The van der Waals surface area contributed by atoms with Crippen molar-refractivity contribution in [2.24, 2.45) is 0 Å². The van der Waals surface area contributed by atoms with Crippen molar-refractivity contribution in [2.45, 2.75) is 57.4 Å². The molecule has 1 heterocycles. The second kappa shape index (κ2) is 10.2. The number of carbonyl (C=O) groups is 2. The molecule has 0 aliphatic rings. The molecule has 8 heteroatoms. The van der Waals surface area contributed by atoms with Crippen LogP contribution in [-0.4, -0.2) is 38.5 Å². The molecule has 7 nitrogen and oxygen atoms in total. The van der Waals surface area contributed by atoms with Gasteiger partial charge in [-0.3, -0.25) is 14.7 Å². The normalized spacial score (nSPS) is 12.3. The van der Waals surface area contributed by atoms with E-state index >= 15 is 0 Å². The molecule has 0 fully saturated rings. The molecule has 3 rings (SSSR count). The molecule has 0 aliphatic carbocycles. The van der Waals surface area contributed by atoms with Crippen molar-refractivity contribution in [1.82, 2.24) is 25.4 Å². The molecule has 2 aromatic carbocycles. The third kappa shape index (κ3) is 5.82. The van der Waals surface area contributed by atoms with Gasteiger partial charge in [0.25, 0.3) is 0 Å². The maximum Gasteiger partial charge on any atom is 0.321 e. The van der Waals surface area contributed by atoms with E-state index in [1.54, 1.807) is 13.8 Å². The highest BCUT2D eigenvalue weighted by Crippen LogP contribution is 2.32. The lowest BCUT2D eigenvalue weighted by molar-refractivity contribution is -0.119. The number of para-hydroxylation sites is 1. The summed E-state index contributed by atoms with van der Waals surface area (Å²) in [6.07, 6.45) is 0. The average Bonchev–Trinajstić information content (AvgIpc) is 3.16. The number of hydrogen-bond donors (Lipinski definition) is 2. The Hall–Kier alpha value is -3.13. The zero-order valence-corrected chi connectivity index (χ0v) is 20.8. The molecular formula is C25H31N5O2S. The van der Waals surface area contributed by atoms with Crippen molar-refractivity contribution in [2.75, 3.05) is 6.54 Å². The number of aryl methyl sites for hydroxylation is 1. The minimum Gasteiger partial charge on any atom is -0.338 e. The number of thioether (sulfide) groups is 1. The Balaban J connectivity index is 1.99. The van der Waals surface area contributed by atoms with E-state index in [9.17, 15) is 9.59 Å². The van der Waals surface area contributed by atoms with Crippen LogP contribution in [0.4, 0.5) is 4.79 Å². The standard InChI is InChI=1S/C25H31N5O2S/c1-7-26-23(32)27-22(31)17(3)33-24-29-28-21(30(24)20-11-9-8-10-16(20)2)18-12-14-19(15-13-18)25(4,5)6/h8-15,17H,7H2,1-6H3,(H2,26,27,31,32). The van der Waals surface area contributed by atoms with E-state index in [-0.39, 0.29) is 11.3 Å². The Bertz CT molecular complexity index is 1130. The van der Waals surface area contributed by atoms with Crippen molar-refractivity contribution in [3.63, 3.8) is 0 Å². The molecular weight excluding hydrogens is 434 g/mol. The topological polar surface area (TPSA) is 88.9 Å². The minimum atomic E-state index is -0.546. The highest BCUT2D eigenvalue weighted by molar-refractivity contribution is 8.00. The third-order valence-electron chi connectivity index (χ3n) is 5.22. The van der Waals surface area contributed by atoms with E-state index in [4.69, 9.17) is 0 Å². The average molecular weight is 466 g/mol. The van der Waals surface area contributed by atoms with Crippen LogP contribution in [0.15, 0.2) is 53.7 Å². The number of hydrogen-bond acceptors (Lipinski definition) is 5. The fraction of sp³-hybridized carbons (Fsp3) is 0.360. The molecule has 0 aliphatic heterocycles. The van der Waals surface area contributed by atoms with Gasteiger partial charge in [0.15, 0.2) is 11.0 Å². The molecule has 0 spiro atoms. The zero-order chi connectivity index (χ0) is 24.2.